The third kappa shape index (κ3) is 4.56. The van der Waals surface area contributed by atoms with Crippen LogP contribution in [0.2, 0.25) is 0 Å². The van der Waals surface area contributed by atoms with Crippen LogP contribution in [-0.4, -0.2) is 31.4 Å². The largest absolute Gasteiger partial charge is 0.472 e. The van der Waals surface area contributed by atoms with Crippen LogP contribution < -0.4 is 15.5 Å². The highest BCUT2D eigenvalue weighted by molar-refractivity contribution is 5.96. The Bertz CT molecular complexity index is 1010. The van der Waals surface area contributed by atoms with Gasteiger partial charge in [-0.3, -0.25) is 9.59 Å². The van der Waals surface area contributed by atoms with Gasteiger partial charge in [0.1, 0.15) is 0 Å². The molecular weight excluding hydrogens is 414 g/mol. The molecule has 1 aromatic carbocycles. The first-order chi connectivity index (χ1) is 16.2. The number of rotatable bonds is 2. The van der Waals surface area contributed by atoms with Crippen LogP contribution in [0, 0.1) is 5.92 Å². The summed E-state index contributed by atoms with van der Waals surface area (Å²) in [5.74, 6) is 0.786. The molecule has 2 atom stereocenters. The van der Waals surface area contributed by atoms with Gasteiger partial charge in [0.2, 0.25) is 5.91 Å². The van der Waals surface area contributed by atoms with Gasteiger partial charge in [-0.25, -0.2) is 0 Å². The van der Waals surface area contributed by atoms with Crippen molar-refractivity contribution in [2.24, 2.45) is 5.92 Å². The average Bonchev–Trinajstić information content (AvgIpc) is 3.47. The number of anilines is 1. The van der Waals surface area contributed by atoms with Crippen molar-refractivity contribution in [3.05, 3.63) is 65.6 Å². The first-order valence-electron chi connectivity index (χ1n) is 12.3. The second-order valence-corrected chi connectivity index (χ2v) is 9.48. The van der Waals surface area contributed by atoms with Gasteiger partial charge in [-0.2, -0.15) is 0 Å². The topological polar surface area (TPSA) is 74.6 Å². The molecule has 0 saturated heterocycles. The predicted octanol–water partition coefficient (Wildman–Crippen LogP) is 4.70. The number of hydrogen-bond acceptors (Lipinski definition) is 4. The van der Waals surface area contributed by atoms with E-state index < -0.39 is 0 Å². The van der Waals surface area contributed by atoms with E-state index in [4.69, 9.17) is 4.42 Å². The van der Waals surface area contributed by atoms with Gasteiger partial charge in [-0.1, -0.05) is 37.5 Å². The van der Waals surface area contributed by atoms with Crippen LogP contribution in [0.3, 0.4) is 0 Å². The molecule has 1 saturated carbocycles. The number of fused-ring (bicyclic) bond motifs is 1. The van der Waals surface area contributed by atoms with E-state index in [2.05, 4.69) is 33.8 Å². The van der Waals surface area contributed by atoms with Gasteiger partial charge < -0.3 is 20.0 Å². The van der Waals surface area contributed by atoms with Crippen molar-refractivity contribution in [2.75, 3.05) is 24.5 Å². The average molecular weight is 448 g/mol. The molecule has 174 valence electrons. The highest BCUT2D eigenvalue weighted by Crippen LogP contribution is 2.55. The normalized spacial score (nSPS) is 25.6. The van der Waals surface area contributed by atoms with E-state index in [1.807, 2.05) is 24.5 Å². The first kappa shape index (κ1) is 21.8. The Kier molecular flexibility index (Phi) is 6.51. The van der Waals surface area contributed by atoms with Crippen LogP contribution >= 0.6 is 0 Å². The number of furan rings is 1. The summed E-state index contributed by atoms with van der Waals surface area (Å²) in [7, 11) is 0. The van der Waals surface area contributed by atoms with E-state index in [9.17, 15) is 9.59 Å². The zero-order chi connectivity index (χ0) is 22.6. The van der Waals surface area contributed by atoms with Crippen LogP contribution in [0.1, 0.15) is 78.4 Å². The summed E-state index contributed by atoms with van der Waals surface area (Å²) in [6.45, 7) is 1.48. The molecule has 1 aromatic heterocycles. The van der Waals surface area contributed by atoms with Crippen molar-refractivity contribution in [3.8, 4) is 0 Å². The number of nitrogens with zero attached hydrogens (tertiary/aromatic N) is 1. The summed E-state index contributed by atoms with van der Waals surface area (Å²) in [5.41, 5.74) is 4.01. The monoisotopic (exact) mass is 447 g/mol. The maximum atomic E-state index is 13.0. The number of benzene rings is 1. The van der Waals surface area contributed by atoms with Crippen molar-refractivity contribution in [2.45, 2.75) is 56.9 Å². The van der Waals surface area contributed by atoms with Gasteiger partial charge >= 0.3 is 0 Å². The molecule has 6 nitrogen and oxygen atoms in total. The maximum absolute atomic E-state index is 13.0. The van der Waals surface area contributed by atoms with Crippen molar-refractivity contribution in [3.63, 3.8) is 0 Å². The Morgan fingerprint density at radius 1 is 0.939 bits per heavy atom. The van der Waals surface area contributed by atoms with E-state index in [-0.39, 0.29) is 30.3 Å². The van der Waals surface area contributed by atoms with Gasteiger partial charge in [0.25, 0.3) is 5.91 Å². The lowest BCUT2D eigenvalue weighted by atomic mass is 9.73. The molecular formula is C27H33N3O3. The van der Waals surface area contributed by atoms with Crippen molar-refractivity contribution < 1.29 is 14.0 Å². The number of carbonyl (C=O) groups excluding carboxylic acids is 2. The quantitative estimate of drug-likeness (QED) is 0.655. The van der Waals surface area contributed by atoms with E-state index in [1.165, 1.54) is 37.7 Å². The smallest absolute Gasteiger partial charge is 0.251 e. The molecule has 2 aliphatic heterocycles. The van der Waals surface area contributed by atoms with Crippen LogP contribution in [-0.2, 0) is 4.79 Å². The Morgan fingerprint density at radius 3 is 2.48 bits per heavy atom. The molecule has 3 heterocycles. The molecule has 5 rings (SSSR count). The van der Waals surface area contributed by atoms with Crippen LogP contribution in [0.4, 0.5) is 5.69 Å². The summed E-state index contributed by atoms with van der Waals surface area (Å²) < 4.78 is 5.50. The van der Waals surface area contributed by atoms with E-state index in [0.29, 0.717) is 24.6 Å². The van der Waals surface area contributed by atoms with Crippen molar-refractivity contribution >= 4 is 17.5 Å². The van der Waals surface area contributed by atoms with Gasteiger partial charge in [-0.05, 0) is 55.4 Å². The lowest BCUT2D eigenvalue weighted by Crippen LogP contribution is -2.39. The molecule has 2 bridgehead atoms. The third-order valence-corrected chi connectivity index (χ3v) is 7.39. The second-order valence-electron chi connectivity index (χ2n) is 9.48. The summed E-state index contributed by atoms with van der Waals surface area (Å²) in [6.07, 6.45) is 15.4. The zero-order valence-electron chi connectivity index (χ0n) is 19.1. The Morgan fingerprint density at radius 2 is 1.73 bits per heavy atom. The minimum atomic E-state index is -0.0635. The maximum Gasteiger partial charge on any atom is 0.251 e. The molecule has 33 heavy (non-hydrogen) atoms. The van der Waals surface area contributed by atoms with Gasteiger partial charge in [0, 0.05) is 35.8 Å². The molecule has 6 heteroatoms. The summed E-state index contributed by atoms with van der Waals surface area (Å²) in [5, 5.41) is 6.11. The molecule has 2 unspecified atom stereocenters. The van der Waals surface area contributed by atoms with Gasteiger partial charge in [0.15, 0.2) is 0 Å². The Labute approximate surface area is 195 Å². The van der Waals surface area contributed by atoms with E-state index in [0.717, 1.165) is 24.1 Å². The SMILES string of the molecule is O=C1CN2c3cc(ccc3C(C3CCCCC3)C2c2ccoc2)C(=O)NCC/C=C\CCN1. The van der Waals surface area contributed by atoms with Gasteiger partial charge in [0.05, 0.1) is 25.1 Å². The number of carbonyl (C=O) groups is 2. The first-order valence-corrected chi connectivity index (χ1v) is 12.3. The molecule has 1 aliphatic carbocycles. The van der Waals surface area contributed by atoms with Crippen LogP contribution in [0.25, 0.3) is 0 Å². The van der Waals surface area contributed by atoms with Crippen molar-refractivity contribution in [1.29, 1.82) is 0 Å². The number of hydrogen-bond donors (Lipinski definition) is 2. The predicted molar refractivity (Wildman–Crippen MR) is 128 cm³/mol. The molecule has 0 spiro atoms. The molecule has 0 radical (unpaired) electrons. The lowest BCUT2D eigenvalue weighted by molar-refractivity contribution is -0.119. The minimum absolute atomic E-state index is 0.0110. The summed E-state index contributed by atoms with van der Waals surface area (Å²) >= 11 is 0. The number of nitrogens with one attached hydrogen (secondary N) is 2. The number of amides is 2. The third-order valence-electron chi connectivity index (χ3n) is 7.39. The van der Waals surface area contributed by atoms with Crippen LogP contribution in [0.5, 0.6) is 0 Å². The molecule has 2 amide bonds. The summed E-state index contributed by atoms with van der Waals surface area (Å²) in [6, 6.07) is 8.13. The molecule has 2 aromatic rings. The van der Waals surface area contributed by atoms with Gasteiger partial charge in [-0.15, -0.1) is 0 Å². The minimum Gasteiger partial charge on any atom is -0.472 e. The Hall–Kier alpha value is -3.02. The van der Waals surface area contributed by atoms with Crippen LogP contribution in [0.15, 0.2) is 53.4 Å². The zero-order valence-corrected chi connectivity index (χ0v) is 19.1. The lowest BCUT2D eigenvalue weighted by Gasteiger charge is -2.35. The molecule has 3 aliphatic rings. The standard InChI is InChI=1S/C27H33N3O3/c31-24-17-30-23-16-20(27(32)29-14-7-2-1-6-13-28-24)10-11-22(23)25(19-8-4-3-5-9-19)26(30)21-12-15-33-18-21/h1-2,10-12,15-16,18-19,25-26H,3-9,13-14,17H2,(H,28,31)(H,29,32)/b2-1-. The molecule has 2 N–H and O–H groups in total. The second kappa shape index (κ2) is 9.86. The van der Waals surface area contributed by atoms with E-state index in [1.54, 1.807) is 6.26 Å². The molecule has 1 fully saturated rings. The summed E-state index contributed by atoms with van der Waals surface area (Å²) in [4.78, 5) is 28.1. The highest BCUT2D eigenvalue weighted by atomic mass is 16.3. The highest BCUT2D eigenvalue weighted by Gasteiger charge is 2.44. The fourth-order valence-corrected chi connectivity index (χ4v) is 5.86. The fraction of sp³-hybridized carbons (Fsp3) is 0.481. The van der Waals surface area contributed by atoms with Crippen molar-refractivity contribution in [1.82, 2.24) is 10.6 Å². The fourth-order valence-electron chi connectivity index (χ4n) is 5.86. The Balaban J connectivity index is 1.57. The van der Waals surface area contributed by atoms with E-state index >= 15 is 0 Å².